The Bertz CT molecular complexity index is 1320. The van der Waals surface area contributed by atoms with Crippen molar-refractivity contribution in [3.05, 3.63) is 74.9 Å². The number of hydrogen-bond acceptors (Lipinski definition) is 4. The minimum absolute atomic E-state index is 0.169. The van der Waals surface area contributed by atoms with Crippen LogP contribution >= 0.6 is 23.2 Å². The Balaban J connectivity index is 1.59. The summed E-state index contributed by atoms with van der Waals surface area (Å²) < 4.78 is 1.70. The fourth-order valence-corrected chi connectivity index (χ4v) is 4.27. The molecule has 0 unspecified atom stereocenters. The first-order valence-electron chi connectivity index (χ1n) is 10.5. The van der Waals surface area contributed by atoms with E-state index >= 15 is 0 Å². The van der Waals surface area contributed by atoms with E-state index in [0.29, 0.717) is 45.6 Å². The Kier molecular flexibility index (Phi) is 6.26. The van der Waals surface area contributed by atoms with E-state index in [0.717, 1.165) is 5.56 Å². The third kappa shape index (κ3) is 4.45. The maximum atomic E-state index is 13.1. The number of primary amides is 1. The minimum Gasteiger partial charge on any atom is -0.365 e. The van der Waals surface area contributed by atoms with Crippen molar-refractivity contribution in [1.29, 1.82) is 5.26 Å². The lowest BCUT2D eigenvalue weighted by atomic mass is 9.93. The fraction of sp³-hybridized carbons (Fsp3) is 0.250. The van der Waals surface area contributed by atoms with E-state index in [4.69, 9.17) is 34.2 Å². The molecule has 0 spiro atoms. The van der Waals surface area contributed by atoms with Gasteiger partial charge in [-0.25, -0.2) is 4.79 Å². The maximum Gasteiger partial charge on any atom is 0.318 e. The molecule has 0 fully saturated rings. The molecular formula is C24H22Cl2N6O2. The average molecular weight is 497 g/mol. The molecule has 3 N–H and O–H groups in total. The molecule has 2 aromatic carbocycles. The van der Waals surface area contributed by atoms with Crippen molar-refractivity contribution < 1.29 is 9.59 Å². The van der Waals surface area contributed by atoms with Crippen LogP contribution in [0.1, 0.15) is 41.0 Å². The zero-order valence-corrected chi connectivity index (χ0v) is 20.1. The van der Waals surface area contributed by atoms with Crippen molar-refractivity contribution in [3.8, 4) is 17.3 Å². The number of aromatic nitrogens is 2. The molecule has 1 aliphatic rings. The van der Waals surface area contributed by atoms with E-state index < -0.39 is 11.4 Å². The molecule has 0 aliphatic carbocycles. The lowest BCUT2D eigenvalue weighted by Crippen LogP contribution is -2.50. The Morgan fingerprint density at radius 3 is 2.44 bits per heavy atom. The van der Waals surface area contributed by atoms with Crippen molar-refractivity contribution >= 4 is 35.1 Å². The Labute approximate surface area is 206 Å². The van der Waals surface area contributed by atoms with Crippen LogP contribution in [0.4, 0.5) is 4.79 Å². The van der Waals surface area contributed by atoms with Gasteiger partial charge in [-0.05, 0) is 43.7 Å². The molecule has 3 aromatic rings. The molecule has 10 heteroatoms. The number of fused-ring (bicyclic) bond motifs is 1. The van der Waals surface area contributed by atoms with Crippen molar-refractivity contribution in [2.45, 2.75) is 32.5 Å². The van der Waals surface area contributed by atoms with Gasteiger partial charge in [-0.2, -0.15) is 10.4 Å². The van der Waals surface area contributed by atoms with Crippen molar-refractivity contribution in [2.24, 2.45) is 5.73 Å². The molecule has 34 heavy (non-hydrogen) atoms. The van der Waals surface area contributed by atoms with Gasteiger partial charge >= 0.3 is 6.03 Å². The summed E-state index contributed by atoms with van der Waals surface area (Å²) in [4.78, 5) is 27.2. The highest BCUT2D eigenvalue weighted by Crippen LogP contribution is 2.32. The van der Waals surface area contributed by atoms with Gasteiger partial charge < -0.3 is 16.0 Å². The highest BCUT2D eigenvalue weighted by Gasteiger charge is 2.32. The number of amides is 3. The van der Waals surface area contributed by atoms with E-state index in [1.54, 1.807) is 39.9 Å². The quantitative estimate of drug-likeness (QED) is 0.559. The predicted molar refractivity (Wildman–Crippen MR) is 129 cm³/mol. The average Bonchev–Trinajstić information content (AvgIpc) is 3.19. The number of nitrogens with two attached hydrogens (primary N) is 1. The summed E-state index contributed by atoms with van der Waals surface area (Å²) in [5.74, 6) is -0.637. The summed E-state index contributed by atoms with van der Waals surface area (Å²) in [6, 6.07) is 13.9. The van der Waals surface area contributed by atoms with Crippen LogP contribution in [-0.4, -0.2) is 33.2 Å². The number of carbonyl (C=O) groups is 2. The van der Waals surface area contributed by atoms with Crippen LogP contribution in [0.25, 0.3) is 11.3 Å². The van der Waals surface area contributed by atoms with Gasteiger partial charge in [-0.1, -0.05) is 41.4 Å². The summed E-state index contributed by atoms with van der Waals surface area (Å²) in [7, 11) is 0. The zero-order chi connectivity index (χ0) is 24.6. The Morgan fingerprint density at radius 1 is 1.12 bits per heavy atom. The predicted octanol–water partition coefficient (Wildman–Crippen LogP) is 4.29. The number of carbonyl (C=O) groups excluding carboxylic acids is 2. The van der Waals surface area contributed by atoms with Crippen LogP contribution in [0.5, 0.6) is 0 Å². The maximum absolute atomic E-state index is 13.1. The molecule has 0 saturated heterocycles. The van der Waals surface area contributed by atoms with Gasteiger partial charge in [0.2, 0.25) is 0 Å². The van der Waals surface area contributed by atoms with Gasteiger partial charge in [0.1, 0.15) is 5.69 Å². The lowest BCUT2D eigenvalue weighted by molar-refractivity contribution is 0.0997. The largest absolute Gasteiger partial charge is 0.365 e. The SMILES string of the molecule is CC(C)(NC(=O)N1CCn2nc(-c3ccc(Cl)c(Cl)c3)c(C(N)=O)c2C1)c1ccc(C#N)cc1. The normalized spacial score (nSPS) is 13.2. The minimum atomic E-state index is -0.680. The van der Waals surface area contributed by atoms with Crippen LogP contribution in [0, 0.1) is 11.3 Å². The molecule has 1 aliphatic heterocycles. The van der Waals surface area contributed by atoms with Crippen LogP contribution in [0.3, 0.4) is 0 Å². The lowest BCUT2D eigenvalue weighted by Gasteiger charge is -2.33. The molecule has 8 nitrogen and oxygen atoms in total. The van der Waals surface area contributed by atoms with Crippen LogP contribution in [-0.2, 0) is 18.6 Å². The topological polar surface area (TPSA) is 117 Å². The van der Waals surface area contributed by atoms with E-state index in [1.165, 1.54) is 0 Å². The number of rotatable bonds is 4. The molecule has 3 amide bonds. The number of halogens is 2. The number of hydrogen-bond donors (Lipinski definition) is 2. The first-order valence-corrected chi connectivity index (χ1v) is 11.3. The third-order valence-corrected chi connectivity index (χ3v) is 6.60. The van der Waals surface area contributed by atoms with Gasteiger partial charge in [-0.15, -0.1) is 0 Å². The molecule has 0 radical (unpaired) electrons. The first-order chi connectivity index (χ1) is 16.1. The Morgan fingerprint density at radius 2 is 1.82 bits per heavy atom. The highest BCUT2D eigenvalue weighted by atomic mass is 35.5. The molecular weight excluding hydrogens is 475 g/mol. The third-order valence-electron chi connectivity index (χ3n) is 5.86. The van der Waals surface area contributed by atoms with Gasteiger partial charge in [0.15, 0.2) is 0 Å². The van der Waals surface area contributed by atoms with Crippen molar-refractivity contribution in [3.63, 3.8) is 0 Å². The first kappa shape index (κ1) is 23.6. The van der Waals surface area contributed by atoms with E-state index in [9.17, 15) is 9.59 Å². The second-order valence-electron chi connectivity index (χ2n) is 8.55. The number of nitriles is 1. The van der Waals surface area contributed by atoms with Gasteiger partial charge in [0.25, 0.3) is 5.91 Å². The number of nitrogens with one attached hydrogen (secondary N) is 1. The van der Waals surface area contributed by atoms with Crippen LogP contribution in [0.2, 0.25) is 10.0 Å². The molecule has 4 rings (SSSR count). The highest BCUT2D eigenvalue weighted by molar-refractivity contribution is 6.42. The molecule has 0 saturated carbocycles. The van der Waals surface area contributed by atoms with Crippen molar-refractivity contribution in [2.75, 3.05) is 6.54 Å². The summed E-state index contributed by atoms with van der Waals surface area (Å²) in [5.41, 5.74) is 8.28. The summed E-state index contributed by atoms with van der Waals surface area (Å²) in [6.45, 7) is 4.75. The van der Waals surface area contributed by atoms with Gasteiger partial charge in [-0.3, -0.25) is 9.48 Å². The van der Waals surface area contributed by atoms with E-state index in [-0.39, 0.29) is 18.1 Å². The second kappa shape index (κ2) is 9.01. The van der Waals surface area contributed by atoms with Crippen LogP contribution < -0.4 is 11.1 Å². The number of nitrogens with zero attached hydrogens (tertiary/aromatic N) is 4. The monoisotopic (exact) mass is 496 g/mol. The summed E-state index contributed by atoms with van der Waals surface area (Å²) >= 11 is 12.2. The number of benzene rings is 2. The van der Waals surface area contributed by atoms with E-state index in [1.807, 2.05) is 26.0 Å². The smallest absolute Gasteiger partial charge is 0.318 e. The summed E-state index contributed by atoms with van der Waals surface area (Å²) in [5, 5.41) is 17.4. The fourth-order valence-electron chi connectivity index (χ4n) is 3.98. The molecule has 0 bridgehead atoms. The Hall–Kier alpha value is -3.54. The zero-order valence-electron chi connectivity index (χ0n) is 18.6. The standard InChI is InChI=1S/C24H22Cl2N6O2/c1-24(2,16-6-3-14(12-27)4-7-16)29-23(34)31-9-10-32-19(13-31)20(22(28)33)21(30-32)15-5-8-17(25)18(26)11-15/h3-8,11H,9-10,13H2,1-2H3,(H2,28,33)(H,29,34). The molecule has 174 valence electrons. The van der Waals surface area contributed by atoms with Gasteiger partial charge in [0.05, 0.1) is 51.6 Å². The van der Waals surface area contributed by atoms with Gasteiger partial charge in [0, 0.05) is 12.1 Å². The molecule has 0 atom stereocenters. The van der Waals surface area contributed by atoms with E-state index in [2.05, 4.69) is 16.5 Å². The van der Waals surface area contributed by atoms with Crippen molar-refractivity contribution in [1.82, 2.24) is 20.0 Å². The number of urea groups is 1. The molecule has 2 heterocycles. The van der Waals surface area contributed by atoms with Crippen LogP contribution in [0.15, 0.2) is 42.5 Å². The second-order valence-corrected chi connectivity index (χ2v) is 9.37. The summed E-state index contributed by atoms with van der Waals surface area (Å²) in [6.07, 6.45) is 0. The molecule has 1 aromatic heterocycles.